The van der Waals surface area contributed by atoms with Gasteiger partial charge in [0.15, 0.2) is 22.6 Å². The third-order valence-corrected chi connectivity index (χ3v) is 7.90. The monoisotopic (exact) mass is 554 g/mol. The molecule has 0 saturated heterocycles. The normalized spacial score (nSPS) is 11.6. The minimum absolute atomic E-state index is 0.273. The predicted molar refractivity (Wildman–Crippen MR) is 170 cm³/mol. The smallest absolute Gasteiger partial charge is 0.238 e. The van der Waals surface area contributed by atoms with Gasteiger partial charge in [-0.05, 0) is 52.3 Å². The van der Waals surface area contributed by atoms with Gasteiger partial charge in [-0.25, -0.2) is 9.13 Å². The summed E-state index contributed by atoms with van der Waals surface area (Å²) < 4.78 is 8.39. The number of aromatic nitrogens is 6. The Morgan fingerprint density at radius 1 is 0.738 bits per heavy atom. The number of hydrogen-bond donors (Lipinski definition) is 0. The van der Waals surface area contributed by atoms with Gasteiger partial charge in [-0.15, -0.1) is 0 Å². The first-order valence-corrected chi connectivity index (χ1v) is 14.5. The zero-order valence-corrected chi connectivity index (χ0v) is 25.3. The second kappa shape index (κ2) is 10.9. The average molecular weight is 555 g/mol. The number of benzene rings is 3. The van der Waals surface area contributed by atoms with Crippen LogP contribution in [0.3, 0.4) is 0 Å². The summed E-state index contributed by atoms with van der Waals surface area (Å²) in [4.78, 5) is 10.6. The summed E-state index contributed by atoms with van der Waals surface area (Å²) in [6.45, 7) is 13.1. The van der Waals surface area contributed by atoms with Gasteiger partial charge in [0.05, 0.1) is 20.2 Å². The van der Waals surface area contributed by atoms with Crippen molar-refractivity contribution in [3.63, 3.8) is 0 Å². The van der Waals surface area contributed by atoms with E-state index in [0.29, 0.717) is 0 Å². The number of para-hydroxylation sites is 2. The fourth-order valence-corrected chi connectivity index (χ4v) is 5.78. The molecule has 6 rings (SSSR count). The van der Waals surface area contributed by atoms with E-state index in [9.17, 15) is 0 Å². The Hall–Kier alpha value is -4.84. The van der Waals surface area contributed by atoms with Crippen LogP contribution in [0.15, 0.2) is 98.2 Å². The van der Waals surface area contributed by atoms with Crippen LogP contribution < -0.4 is 9.13 Å². The highest BCUT2D eigenvalue weighted by Gasteiger charge is 2.26. The maximum Gasteiger partial charge on any atom is 0.251 e. The maximum absolute atomic E-state index is 5.31. The quantitative estimate of drug-likeness (QED) is 0.198. The molecule has 0 radical (unpaired) electrons. The summed E-state index contributed by atoms with van der Waals surface area (Å²) in [5, 5.41) is 0. The lowest BCUT2D eigenvalue weighted by atomic mass is 9.85. The van der Waals surface area contributed by atoms with Crippen molar-refractivity contribution in [1.82, 2.24) is 19.1 Å². The van der Waals surface area contributed by atoms with Gasteiger partial charge in [-0.3, -0.25) is 0 Å². The van der Waals surface area contributed by atoms with E-state index in [-0.39, 0.29) is 11.8 Å². The Morgan fingerprint density at radius 3 is 2.00 bits per heavy atom. The van der Waals surface area contributed by atoms with Gasteiger partial charge in [0.2, 0.25) is 11.6 Å². The Labute approximate surface area is 247 Å². The third-order valence-electron chi connectivity index (χ3n) is 7.90. The second-order valence-corrected chi connectivity index (χ2v) is 11.6. The molecule has 0 saturated carbocycles. The van der Waals surface area contributed by atoms with E-state index in [4.69, 9.17) is 9.97 Å². The summed E-state index contributed by atoms with van der Waals surface area (Å²) in [5.41, 5.74) is 9.22. The molecule has 3 heterocycles. The average Bonchev–Trinajstić information content (AvgIpc) is 3.56. The molecular formula is C36H38N6+2. The molecule has 0 aliphatic heterocycles. The molecule has 6 nitrogen and oxygen atoms in total. The summed E-state index contributed by atoms with van der Waals surface area (Å²) in [5.74, 6) is 2.88. The first-order valence-electron chi connectivity index (χ1n) is 14.5. The van der Waals surface area contributed by atoms with Crippen LogP contribution in [0.1, 0.15) is 56.4 Å². The first kappa shape index (κ1) is 27.3. The highest BCUT2D eigenvalue weighted by atomic mass is 15.2. The Kier molecular flexibility index (Phi) is 7.07. The van der Waals surface area contributed by atoms with Crippen molar-refractivity contribution in [2.45, 2.75) is 39.5 Å². The lowest BCUT2D eigenvalue weighted by Gasteiger charge is -2.21. The summed E-state index contributed by atoms with van der Waals surface area (Å²) in [7, 11) is 4.08. The highest BCUT2D eigenvalue weighted by molar-refractivity contribution is 5.77. The molecule has 0 aliphatic rings. The largest absolute Gasteiger partial charge is 0.251 e. The Bertz CT molecular complexity index is 1900. The minimum Gasteiger partial charge on any atom is -0.238 e. The van der Waals surface area contributed by atoms with Gasteiger partial charge in [0.1, 0.15) is 6.20 Å². The fourth-order valence-electron chi connectivity index (χ4n) is 5.78. The van der Waals surface area contributed by atoms with E-state index in [0.717, 1.165) is 39.8 Å². The van der Waals surface area contributed by atoms with E-state index in [2.05, 4.69) is 134 Å². The second-order valence-electron chi connectivity index (χ2n) is 11.6. The van der Waals surface area contributed by atoms with Gasteiger partial charge < -0.3 is 0 Å². The van der Waals surface area contributed by atoms with Crippen molar-refractivity contribution in [2.24, 2.45) is 14.1 Å². The zero-order valence-electron chi connectivity index (χ0n) is 25.3. The third kappa shape index (κ3) is 4.83. The van der Waals surface area contributed by atoms with Gasteiger partial charge in [-0.2, -0.15) is 19.1 Å². The van der Waals surface area contributed by atoms with Gasteiger partial charge in [0, 0.05) is 5.56 Å². The van der Waals surface area contributed by atoms with Crippen molar-refractivity contribution in [1.29, 1.82) is 0 Å². The number of imidazole rings is 2. The van der Waals surface area contributed by atoms with Crippen LogP contribution in [0.5, 0.6) is 0 Å². The summed E-state index contributed by atoms with van der Waals surface area (Å²) in [6.07, 6.45) is 8.04. The van der Waals surface area contributed by atoms with E-state index >= 15 is 0 Å². The standard InChI is InChI=1S/C36H38N6/c1-8-28-21-39(6)22-41(28)33-20-34(42-23-40(7)31-16-12-13-17-32(31)42)38-36(37-33)35-29(24(2)3)18-27(19-30(35)25(4)5)26-14-10-9-11-15-26/h8-25H,1H2,2-7H3/q+2. The molecule has 0 N–H and O–H groups in total. The lowest BCUT2D eigenvalue weighted by Crippen LogP contribution is -2.25. The number of hydrogen-bond acceptors (Lipinski definition) is 2. The van der Waals surface area contributed by atoms with Gasteiger partial charge >= 0.3 is 0 Å². The molecule has 6 aromatic rings. The number of rotatable bonds is 7. The van der Waals surface area contributed by atoms with Crippen molar-refractivity contribution in [3.05, 3.63) is 115 Å². The number of nitrogens with zero attached hydrogens (tertiary/aromatic N) is 6. The molecule has 0 atom stereocenters. The molecule has 210 valence electrons. The van der Waals surface area contributed by atoms with Crippen LogP contribution in [0.25, 0.3) is 51.3 Å². The van der Waals surface area contributed by atoms with E-state index in [1.165, 1.54) is 22.3 Å². The van der Waals surface area contributed by atoms with Crippen LogP contribution >= 0.6 is 0 Å². The minimum atomic E-state index is 0.273. The molecular weight excluding hydrogens is 516 g/mol. The maximum atomic E-state index is 5.31. The topological polar surface area (TPSA) is 43.4 Å². The molecule has 42 heavy (non-hydrogen) atoms. The van der Waals surface area contributed by atoms with E-state index in [1.807, 2.05) is 30.2 Å². The number of aryl methyl sites for hydroxylation is 2. The molecule has 0 aliphatic carbocycles. The summed E-state index contributed by atoms with van der Waals surface area (Å²) in [6, 6.07) is 25.7. The zero-order chi connectivity index (χ0) is 29.5. The molecule has 0 unspecified atom stereocenters. The molecule has 3 aromatic carbocycles. The summed E-state index contributed by atoms with van der Waals surface area (Å²) >= 11 is 0. The van der Waals surface area contributed by atoms with Crippen molar-refractivity contribution >= 4 is 17.1 Å². The van der Waals surface area contributed by atoms with E-state index < -0.39 is 0 Å². The van der Waals surface area contributed by atoms with Crippen LogP contribution in [-0.2, 0) is 14.1 Å². The van der Waals surface area contributed by atoms with Gasteiger partial charge in [-0.1, -0.05) is 88.9 Å². The number of fused-ring (bicyclic) bond motifs is 1. The molecule has 6 heteroatoms. The van der Waals surface area contributed by atoms with Gasteiger partial charge in [0.25, 0.3) is 12.7 Å². The predicted octanol–water partition coefficient (Wildman–Crippen LogP) is 7.08. The van der Waals surface area contributed by atoms with E-state index in [1.54, 1.807) is 0 Å². The molecule has 0 fully saturated rings. The van der Waals surface area contributed by atoms with Crippen molar-refractivity contribution < 1.29 is 9.13 Å². The van der Waals surface area contributed by atoms with Crippen molar-refractivity contribution in [2.75, 3.05) is 0 Å². The molecule has 0 bridgehead atoms. The van der Waals surface area contributed by atoms with Crippen LogP contribution in [0, 0.1) is 0 Å². The lowest BCUT2D eigenvalue weighted by molar-refractivity contribution is -0.670. The molecule has 0 amide bonds. The molecule has 0 spiro atoms. The van der Waals surface area contributed by atoms with Crippen LogP contribution in [0.2, 0.25) is 0 Å². The van der Waals surface area contributed by atoms with Crippen molar-refractivity contribution in [3.8, 4) is 34.2 Å². The SMILES string of the molecule is C=Cc1c[n+](C)cn1-c1cc(-n2c[n+](C)c3ccccc32)nc(-c2c(C(C)C)cc(-c3ccccc3)cc2C(C)C)n1. The Balaban J connectivity index is 1.68. The Morgan fingerprint density at radius 2 is 1.36 bits per heavy atom. The highest BCUT2D eigenvalue weighted by Crippen LogP contribution is 2.39. The van der Waals surface area contributed by atoms with Crippen LogP contribution in [0.4, 0.5) is 0 Å². The molecule has 3 aromatic heterocycles. The first-order chi connectivity index (χ1) is 20.2. The fraction of sp³-hybridized carbons (Fsp3) is 0.222. The van der Waals surface area contributed by atoms with Crippen LogP contribution in [-0.4, -0.2) is 19.1 Å².